The highest BCUT2D eigenvalue weighted by Crippen LogP contribution is 2.44. The Balaban J connectivity index is 0.957. The van der Waals surface area contributed by atoms with Crippen LogP contribution >= 0.6 is 22.7 Å². The Morgan fingerprint density at radius 1 is 0.333 bits per heavy atom. The molecule has 0 aliphatic rings. The average Bonchev–Trinajstić information content (AvgIpc) is 3.86. The van der Waals surface area contributed by atoms with Crippen LogP contribution in [-0.4, -0.2) is 4.98 Å². The van der Waals surface area contributed by atoms with Crippen molar-refractivity contribution in [2.75, 3.05) is 4.90 Å². The highest BCUT2D eigenvalue weighted by molar-refractivity contribution is 7.27. The van der Waals surface area contributed by atoms with E-state index in [2.05, 4.69) is 192 Å². The third-order valence-corrected chi connectivity index (χ3v) is 13.9. The molecule has 0 saturated carbocycles. The van der Waals surface area contributed by atoms with E-state index in [1.54, 1.807) is 0 Å². The van der Waals surface area contributed by atoms with Crippen molar-refractivity contribution >= 4 is 113 Å². The van der Waals surface area contributed by atoms with Crippen LogP contribution in [0.2, 0.25) is 0 Å². The summed E-state index contributed by atoms with van der Waals surface area (Å²) in [5, 5.41) is 11.5. The lowest BCUT2D eigenvalue weighted by Gasteiger charge is -2.26. The van der Waals surface area contributed by atoms with Crippen molar-refractivity contribution < 1.29 is 0 Å². The van der Waals surface area contributed by atoms with Gasteiger partial charge in [-0.25, -0.2) is 0 Å². The summed E-state index contributed by atoms with van der Waals surface area (Å²) in [4.78, 5) is 6.97. The summed E-state index contributed by atoms with van der Waals surface area (Å²) in [6, 6.07) is 69.1. The van der Waals surface area contributed by atoms with E-state index >= 15 is 0 Å². The molecular weight excluding hydrogens is 729 g/mol. The third kappa shape index (κ3) is 5.33. The van der Waals surface area contributed by atoms with Crippen LogP contribution in [-0.2, 0) is 0 Å². The standard InChI is InChI=1S/C53H32N2S2/c1-3-9-50-45(7-1)47-25-19-38-30-41(23-27-43(38)52(47)56-50)55(42-24-28-44-39(31-42)20-26-48-46-8-2-4-10-51(46)57-53(44)48)40-21-17-34(18-22-40)33-11-13-35(14-12-33)37-16-15-36-6-5-29-54-49(36)32-37/h1-32H. The molecule has 2 nitrogen and oxygen atoms in total. The number of hydrogen-bond acceptors (Lipinski definition) is 4. The Bertz CT molecular complexity index is 3370. The smallest absolute Gasteiger partial charge is 0.0708 e. The summed E-state index contributed by atoms with van der Waals surface area (Å²) in [5.74, 6) is 0. The topological polar surface area (TPSA) is 16.1 Å². The molecule has 3 heterocycles. The molecule has 0 bridgehead atoms. The van der Waals surface area contributed by atoms with Crippen LogP contribution in [0.15, 0.2) is 194 Å². The first-order valence-corrected chi connectivity index (χ1v) is 20.9. The quantitative estimate of drug-likeness (QED) is 0.174. The Morgan fingerprint density at radius 2 is 0.807 bits per heavy atom. The lowest BCUT2D eigenvalue weighted by molar-refractivity contribution is 1.29. The van der Waals surface area contributed by atoms with Gasteiger partial charge in [-0.2, -0.15) is 0 Å². The molecule has 0 amide bonds. The second kappa shape index (κ2) is 12.9. The maximum absolute atomic E-state index is 4.57. The van der Waals surface area contributed by atoms with Crippen LogP contribution in [0, 0.1) is 0 Å². The van der Waals surface area contributed by atoms with Gasteiger partial charge in [0.1, 0.15) is 0 Å². The van der Waals surface area contributed by atoms with Crippen molar-refractivity contribution in [3.63, 3.8) is 0 Å². The van der Waals surface area contributed by atoms with Crippen LogP contribution in [0.4, 0.5) is 17.1 Å². The fourth-order valence-corrected chi connectivity index (χ4v) is 11.1. The van der Waals surface area contributed by atoms with Gasteiger partial charge in [-0.05, 0) is 104 Å². The number of pyridine rings is 1. The van der Waals surface area contributed by atoms with E-state index < -0.39 is 0 Å². The van der Waals surface area contributed by atoms with Gasteiger partial charge in [0, 0.05) is 69.0 Å². The van der Waals surface area contributed by atoms with E-state index in [1.807, 2.05) is 34.9 Å². The number of nitrogens with zero attached hydrogens (tertiary/aromatic N) is 2. The molecule has 0 atom stereocenters. The van der Waals surface area contributed by atoms with Crippen molar-refractivity contribution in [3.05, 3.63) is 194 Å². The van der Waals surface area contributed by atoms with Gasteiger partial charge in [0.25, 0.3) is 0 Å². The van der Waals surface area contributed by atoms with Crippen LogP contribution in [0.1, 0.15) is 0 Å². The summed E-state index contributed by atoms with van der Waals surface area (Å²) in [7, 11) is 0. The molecule has 0 fully saturated rings. The van der Waals surface area contributed by atoms with Gasteiger partial charge in [0.05, 0.1) is 5.52 Å². The predicted octanol–water partition coefficient (Wildman–Crippen LogP) is 16.1. The minimum atomic E-state index is 1.01. The molecule has 4 heteroatoms. The van der Waals surface area contributed by atoms with Gasteiger partial charge < -0.3 is 4.90 Å². The highest BCUT2D eigenvalue weighted by Gasteiger charge is 2.17. The number of benzene rings is 9. The van der Waals surface area contributed by atoms with E-state index in [-0.39, 0.29) is 0 Å². The van der Waals surface area contributed by atoms with Gasteiger partial charge in [0.2, 0.25) is 0 Å². The Labute approximate surface area is 337 Å². The molecular formula is C53H32N2S2. The predicted molar refractivity (Wildman–Crippen MR) is 248 cm³/mol. The lowest BCUT2D eigenvalue weighted by atomic mass is 9.99. The molecule has 0 radical (unpaired) electrons. The maximum Gasteiger partial charge on any atom is 0.0708 e. The largest absolute Gasteiger partial charge is 0.310 e. The van der Waals surface area contributed by atoms with Crippen LogP contribution in [0.3, 0.4) is 0 Å². The maximum atomic E-state index is 4.57. The van der Waals surface area contributed by atoms with E-state index in [1.165, 1.54) is 84.1 Å². The van der Waals surface area contributed by atoms with Crippen molar-refractivity contribution in [1.29, 1.82) is 0 Å². The Hall–Kier alpha value is -6.85. The molecule has 12 rings (SSSR count). The monoisotopic (exact) mass is 760 g/mol. The number of thiophene rings is 2. The minimum absolute atomic E-state index is 1.01. The molecule has 0 spiro atoms. The van der Waals surface area contributed by atoms with Crippen LogP contribution < -0.4 is 4.90 Å². The van der Waals surface area contributed by atoms with Crippen molar-refractivity contribution in [1.82, 2.24) is 4.98 Å². The highest BCUT2D eigenvalue weighted by atomic mass is 32.1. The lowest BCUT2D eigenvalue weighted by Crippen LogP contribution is -2.09. The zero-order valence-corrected chi connectivity index (χ0v) is 32.3. The normalized spacial score (nSPS) is 11.9. The summed E-state index contributed by atoms with van der Waals surface area (Å²) in [5.41, 5.74) is 9.11. The van der Waals surface area contributed by atoms with Gasteiger partial charge in [-0.15, -0.1) is 22.7 Å². The number of anilines is 3. The van der Waals surface area contributed by atoms with Gasteiger partial charge >= 0.3 is 0 Å². The Morgan fingerprint density at radius 3 is 1.40 bits per heavy atom. The van der Waals surface area contributed by atoms with E-state index in [0.717, 1.165) is 28.0 Å². The van der Waals surface area contributed by atoms with Gasteiger partial charge in [-0.3, -0.25) is 4.98 Å². The molecule has 266 valence electrons. The molecule has 0 aliphatic heterocycles. The summed E-state index contributed by atoms with van der Waals surface area (Å²) >= 11 is 3.77. The first-order chi connectivity index (χ1) is 28.2. The molecule has 12 aromatic rings. The second-order valence-electron chi connectivity index (χ2n) is 14.8. The van der Waals surface area contributed by atoms with Gasteiger partial charge in [-0.1, -0.05) is 127 Å². The fraction of sp³-hybridized carbons (Fsp3) is 0. The zero-order valence-electron chi connectivity index (χ0n) is 30.7. The first-order valence-electron chi connectivity index (χ1n) is 19.3. The molecule has 0 unspecified atom stereocenters. The summed E-state index contributed by atoms with van der Waals surface area (Å²) < 4.78 is 5.35. The van der Waals surface area contributed by atoms with E-state index in [4.69, 9.17) is 0 Å². The van der Waals surface area contributed by atoms with E-state index in [9.17, 15) is 0 Å². The molecule has 0 N–H and O–H groups in total. The number of aromatic nitrogens is 1. The average molecular weight is 761 g/mol. The molecule has 0 saturated heterocycles. The SMILES string of the molecule is c1cnc2cc(-c3ccc(-c4ccc(N(c5ccc6c(ccc7c8ccccc8sc67)c5)c5ccc6c(ccc7c8ccccc8sc67)c5)cc4)cc3)ccc2c1. The molecule has 57 heavy (non-hydrogen) atoms. The summed E-state index contributed by atoms with van der Waals surface area (Å²) in [6.07, 6.45) is 1.85. The number of hydrogen-bond donors (Lipinski definition) is 0. The number of fused-ring (bicyclic) bond motifs is 11. The van der Waals surface area contributed by atoms with Crippen molar-refractivity contribution in [3.8, 4) is 22.3 Å². The third-order valence-electron chi connectivity index (χ3n) is 11.5. The van der Waals surface area contributed by atoms with E-state index in [0.29, 0.717) is 0 Å². The molecule has 3 aromatic heterocycles. The summed E-state index contributed by atoms with van der Waals surface area (Å²) in [6.45, 7) is 0. The van der Waals surface area contributed by atoms with Crippen LogP contribution in [0.25, 0.3) is 95.0 Å². The zero-order chi connectivity index (χ0) is 37.5. The first kappa shape index (κ1) is 32.4. The van der Waals surface area contributed by atoms with Crippen molar-refractivity contribution in [2.45, 2.75) is 0 Å². The minimum Gasteiger partial charge on any atom is -0.310 e. The Kier molecular flexibility index (Phi) is 7.31. The second-order valence-corrected chi connectivity index (χ2v) is 16.9. The molecule has 9 aromatic carbocycles. The fourth-order valence-electron chi connectivity index (χ4n) is 8.63. The number of rotatable bonds is 5. The van der Waals surface area contributed by atoms with Crippen molar-refractivity contribution in [2.24, 2.45) is 0 Å². The van der Waals surface area contributed by atoms with Gasteiger partial charge in [0.15, 0.2) is 0 Å². The molecule has 0 aliphatic carbocycles. The van der Waals surface area contributed by atoms with Crippen LogP contribution in [0.5, 0.6) is 0 Å².